The molecule has 0 saturated carbocycles. The summed E-state index contributed by atoms with van der Waals surface area (Å²) in [5.74, 6) is -0.294. The van der Waals surface area contributed by atoms with Gasteiger partial charge in [0, 0.05) is 11.8 Å². The van der Waals surface area contributed by atoms with E-state index in [2.05, 4.69) is 5.32 Å². The van der Waals surface area contributed by atoms with Crippen molar-refractivity contribution >= 4 is 28.6 Å². The summed E-state index contributed by atoms with van der Waals surface area (Å²) in [5, 5.41) is 3.34. The maximum absolute atomic E-state index is 12.5. The van der Waals surface area contributed by atoms with Gasteiger partial charge in [0.2, 0.25) is 5.91 Å². The number of anilines is 1. The number of amides is 1. The molecule has 4 nitrogen and oxygen atoms in total. The van der Waals surface area contributed by atoms with Gasteiger partial charge in [0.25, 0.3) is 0 Å². The molecule has 0 aliphatic carbocycles. The summed E-state index contributed by atoms with van der Waals surface area (Å²) in [4.78, 5) is 24.7. The molecule has 0 atom stereocenters. The van der Waals surface area contributed by atoms with Crippen LogP contribution in [0, 0.1) is 20.8 Å². The van der Waals surface area contributed by atoms with Crippen molar-refractivity contribution in [2.45, 2.75) is 20.8 Å². The third kappa shape index (κ3) is 3.53. The van der Waals surface area contributed by atoms with Gasteiger partial charge in [-0.2, -0.15) is 0 Å². The van der Waals surface area contributed by atoms with Gasteiger partial charge in [0.1, 0.15) is 11.8 Å². The Balaban J connectivity index is 1.85. The number of hydrogen-bond donors (Lipinski definition) is 1. The predicted octanol–water partition coefficient (Wildman–Crippen LogP) is 4.37. The van der Waals surface area contributed by atoms with Crippen molar-refractivity contribution in [1.82, 2.24) is 0 Å². The van der Waals surface area contributed by atoms with Crippen LogP contribution in [0.2, 0.25) is 0 Å². The molecule has 1 heterocycles. The summed E-state index contributed by atoms with van der Waals surface area (Å²) in [6.45, 7) is 5.86. The van der Waals surface area contributed by atoms with E-state index < -0.39 is 0 Å². The Kier molecular flexibility index (Phi) is 4.52. The molecular weight excluding hydrogens is 314 g/mol. The standard InChI is InChI=1S/C21H19NO3/c1-13-7-9-19-17(11-13)21(24)16(12-25-19)8-10-20(23)22-18-6-4-5-14(2)15(18)3/h4-12H,1-3H3,(H,22,23)/b10-8+. The minimum Gasteiger partial charge on any atom is -0.463 e. The topological polar surface area (TPSA) is 59.3 Å². The van der Waals surface area contributed by atoms with Crippen LogP contribution in [0.1, 0.15) is 22.3 Å². The van der Waals surface area contributed by atoms with Gasteiger partial charge in [-0.3, -0.25) is 9.59 Å². The van der Waals surface area contributed by atoms with Gasteiger partial charge in [-0.25, -0.2) is 0 Å². The summed E-state index contributed by atoms with van der Waals surface area (Å²) in [6, 6.07) is 11.2. The lowest BCUT2D eigenvalue weighted by atomic mass is 10.1. The second-order valence-corrected chi connectivity index (χ2v) is 6.09. The Hall–Kier alpha value is -3.14. The largest absolute Gasteiger partial charge is 0.463 e. The van der Waals surface area contributed by atoms with Crippen molar-refractivity contribution < 1.29 is 9.21 Å². The van der Waals surface area contributed by atoms with E-state index in [1.807, 2.05) is 45.0 Å². The molecule has 1 amide bonds. The number of hydrogen-bond acceptors (Lipinski definition) is 3. The zero-order chi connectivity index (χ0) is 18.0. The molecule has 3 rings (SSSR count). The average Bonchev–Trinajstić information content (AvgIpc) is 2.59. The molecule has 0 spiro atoms. The molecule has 0 radical (unpaired) electrons. The molecule has 25 heavy (non-hydrogen) atoms. The van der Waals surface area contributed by atoms with Crippen molar-refractivity contribution in [1.29, 1.82) is 0 Å². The van der Waals surface area contributed by atoms with Crippen LogP contribution in [-0.4, -0.2) is 5.91 Å². The van der Waals surface area contributed by atoms with Crippen LogP contribution in [0.3, 0.4) is 0 Å². The summed E-state index contributed by atoms with van der Waals surface area (Å²) in [6.07, 6.45) is 4.20. The Morgan fingerprint density at radius 2 is 1.92 bits per heavy atom. The van der Waals surface area contributed by atoms with Crippen molar-refractivity contribution in [3.63, 3.8) is 0 Å². The van der Waals surface area contributed by atoms with E-state index in [9.17, 15) is 9.59 Å². The smallest absolute Gasteiger partial charge is 0.248 e. The zero-order valence-electron chi connectivity index (χ0n) is 14.4. The molecule has 1 N–H and O–H groups in total. The van der Waals surface area contributed by atoms with E-state index in [-0.39, 0.29) is 11.3 Å². The Labute approximate surface area is 145 Å². The summed E-state index contributed by atoms with van der Waals surface area (Å²) in [7, 11) is 0. The van der Waals surface area contributed by atoms with Crippen molar-refractivity contribution in [2.24, 2.45) is 0 Å². The third-order valence-corrected chi connectivity index (χ3v) is 4.23. The average molecular weight is 333 g/mol. The maximum Gasteiger partial charge on any atom is 0.248 e. The molecule has 0 unspecified atom stereocenters. The minimum atomic E-state index is -0.294. The van der Waals surface area contributed by atoms with Gasteiger partial charge in [-0.1, -0.05) is 23.8 Å². The highest BCUT2D eigenvalue weighted by Gasteiger charge is 2.07. The molecule has 3 aromatic rings. The molecule has 126 valence electrons. The fourth-order valence-electron chi connectivity index (χ4n) is 2.60. The van der Waals surface area contributed by atoms with E-state index in [0.717, 1.165) is 22.4 Å². The quantitative estimate of drug-likeness (QED) is 0.724. The van der Waals surface area contributed by atoms with E-state index in [4.69, 9.17) is 4.42 Å². The van der Waals surface area contributed by atoms with Gasteiger partial charge >= 0.3 is 0 Å². The first-order valence-electron chi connectivity index (χ1n) is 8.03. The van der Waals surface area contributed by atoms with E-state index in [0.29, 0.717) is 16.5 Å². The van der Waals surface area contributed by atoms with Gasteiger partial charge in [0.05, 0.1) is 10.9 Å². The van der Waals surface area contributed by atoms with Crippen molar-refractivity contribution in [3.8, 4) is 0 Å². The molecule has 0 bridgehead atoms. The van der Waals surface area contributed by atoms with Crippen LogP contribution in [0.25, 0.3) is 17.0 Å². The van der Waals surface area contributed by atoms with Gasteiger partial charge in [-0.15, -0.1) is 0 Å². The van der Waals surface area contributed by atoms with Crippen LogP contribution in [-0.2, 0) is 4.79 Å². The number of carbonyl (C=O) groups excluding carboxylic acids is 1. The van der Waals surface area contributed by atoms with Crippen LogP contribution < -0.4 is 10.7 Å². The minimum absolute atomic E-state index is 0.152. The lowest BCUT2D eigenvalue weighted by Gasteiger charge is -2.08. The Morgan fingerprint density at radius 1 is 1.12 bits per heavy atom. The van der Waals surface area contributed by atoms with E-state index in [1.54, 1.807) is 12.1 Å². The number of aryl methyl sites for hydroxylation is 2. The highest BCUT2D eigenvalue weighted by molar-refractivity contribution is 6.02. The normalized spacial score (nSPS) is 11.2. The monoisotopic (exact) mass is 333 g/mol. The molecule has 0 aliphatic heterocycles. The van der Waals surface area contributed by atoms with Crippen LogP contribution in [0.4, 0.5) is 5.69 Å². The van der Waals surface area contributed by atoms with E-state index >= 15 is 0 Å². The maximum atomic E-state index is 12.5. The van der Waals surface area contributed by atoms with Gasteiger partial charge in [-0.05, 0) is 56.2 Å². The lowest BCUT2D eigenvalue weighted by Crippen LogP contribution is -2.10. The van der Waals surface area contributed by atoms with Crippen LogP contribution in [0.15, 0.2) is 57.9 Å². The number of carbonyl (C=O) groups is 1. The summed E-state index contributed by atoms with van der Waals surface area (Å²) >= 11 is 0. The highest BCUT2D eigenvalue weighted by atomic mass is 16.3. The predicted molar refractivity (Wildman–Crippen MR) is 101 cm³/mol. The van der Waals surface area contributed by atoms with E-state index in [1.165, 1.54) is 18.4 Å². The number of rotatable bonds is 3. The zero-order valence-corrected chi connectivity index (χ0v) is 14.4. The molecule has 2 aromatic carbocycles. The highest BCUT2D eigenvalue weighted by Crippen LogP contribution is 2.18. The lowest BCUT2D eigenvalue weighted by molar-refractivity contribution is -0.111. The number of benzene rings is 2. The molecular formula is C21H19NO3. The molecule has 1 aromatic heterocycles. The van der Waals surface area contributed by atoms with Gasteiger partial charge < -0.3 is 9.73 Å². The summed E-state index contributed by atoms with van der Waals surface area (Å²) < 4.78 is 5.48. The molecule has 0 fully saturated rings. The molecule has 0 aliphatic rings. The third-order valence-electron chi connectivity index (χ3n) is 4.23. The van der Waals surface area contributed by atoms with Crippen LogP contribution in [0.5, 0.6) is 0 Å². The first-order valence-corrected chi connectivity index (χ1v) is 8.03. The Bertz CT molecular complexity index is 1040. The Morgan fingerprint density at radius 3 is 2.72 bits per heavy atom. The molecule has 0 saturated heterocycles. The van der Waals surface area contributed by atoms with Crippen molar-refractivity contribution in [2.75, 3.05) is 5.32 Å². The van der Waals surface area contributed by atoms with Gasteiger partial charge in [0.15, 0.2) is 5.43 Å². The second-order valence-electron chi connectivity index (χ2n) is 6.09. The number of nitrogens with one attached hydrogen (secondary N) is 1. The fraction of sp³-hybridized carbons (Fsp3) is 0.143. The summed E-state index contributed by atoms with van der Waals surface area (Å²) in [5.41, 5.74) is 4.59. The molecule has 4 heteroatoms. The SMILES string of the molecule is Cc1ccc2occ(/C=C/C(=O)Nc3cccc(C)c3C)c(=O)c2c1. The van der Waals surface area contributed by atoms with Crippen LogP contribution >= 0.6 is 0 Å². The first-order chi connectivity index (χ1) is 12.0. The second kappa shape index (κ2) is 6.77. The number of fused-ring (bicyclic) bond motifs is 1. The van der Waals surface area contributed by atoms with Crippen molar-refractivity contribution in [3.05, 3.63) is 81.2 Å². The first kappa shape index (κ1) is 16.7. The fourth-order valence-corrected chi connectivity index (χ4v) is 2.60.